The van der Waals surface area contributed by atoms with Crippen molar-refractivity contribution >= 4 is 35.0 Å². The van der Waals surface area contributed by atoms with E-state index in [2.05, 4.69) is 28.3 Å². The molecule has 158 valence electrons. The Hall–Kier alpha value is -2.54. The zero-order valence-corrected chi connectivity index (χ0v) is 18.2. The number of nitrogens with one attached hydrogen (secondary N) is 1. The van der Waals surface area contributed by atoms with Crippen LogP contribution in [0.1, 0.15) is 66.9 Å². The van der Waals surface area contributed by atoms with Gasteiger partial charge >= 0.3 is 0 Å². The van der Waals surface area contributed by atoms with Crippen molar-refractivity contribution in [1.82, 2.24) is 4.98 Å². The number of hydrogen-bond donors (Lipinski definition) is 3. The van der Waals surface area contributed by atoms with Crippen LogP contribution in [-0.2, 0) is 4.79 Å². The Morgan fingerprint density at radius 1 is 1.24 bits per heavy atom. The smallest absolute Gasteiger partial charge is 0.261 e. The molecule has 2 heterocycles. The van der Waals surface area contributed by atoms with Gasteiger partial charge in [0.15, 0.2) is 0 Å². The lowest BCUT2D eigenvalue weighted by Crippen LogP contribution is -2.23. The standard InChI is InChI=1S/C15H16N2O2.C4H6S.C2H6.CH3NO/c1-8-5-10(9-3-2-4-9)6-13-11(8)7-12(14(16)18)15(19)17-13;1-2-4-5-3-1;1-2;2-1-3/h5-7,9H,2-4H2,1H3,(H2,16,18)(H,17,19);1,3H,2,4H2;1-2H3;1H,(H2,2,3). The van der Waals surface area contributed by atoms with Gasteiger partial charge in [0.25, 0.3) is 11.5 Å². The number of primary amides is 2. The van der Waals surface area contributed by atoms with Crippen LogP contribution in [0.15, 0.2) is 34.5 Å². The highest BCUT2D eigenvalue weighted by molar-refractivity contribution is 8.02. The van der Waals surface area contributed by atoms with Gasteiger partial charge in [0, 0.05) is 16.7 Å². The quantitative estimate of drug-likeness (QED) is 0.641. The number of H-pyrrole nitrogens is 1. The summed E-state index contributed by atoms with van der Waals surface area (Å²) in [5, 5.41) is 3.04. The third-order valence-electron chi connectivity index (χ3n) is 4.63. The molecule has 2 aromatic rings. The molecular weight excluding hydrogens is 386 g/mol. The van der Waals surface area contributed by atoms with E-state index in [1.54, 1.807) is 6.07 Å². The third-order valence-corrected chi connectivity index (χ3v) is 5.48. The van der Waals surface area contributed by atoms with Crippen LogP contribution in [0.25, 0.3) is 10.9 Å². The van der Waals surface area contributed by atoms with Crippen LogP contribution in [0.2, 0.25) is 0 Å². The fourth-order valence-electron chi connectivity index (χ4n) is 3.02. The first kappa shape index (κ1) is 24.5. The Kier molecular flexibility index (Phi) is 10.8. The zero-order valence-electron chi connectivity index (χ0n) is 17.4. The molecule has 5 N–H and O–H groups in total. The van der Waals surface area contributed by atoms with Crippen molar-refractivity contribution in [1.29, 1.82) is 0 Å². The molecule has 4 rings (SSSR count). The summed E-state index contributed by atoms with van der Waals surface area (Å²) >= 11 is 1.89. The number of rotatable bonds is 2. The van der Waals surface area contributed by atoms with Crippen molar-refractivity contribution < 1.29 is 9.59 Å². The maximum absolute atomic E-state index is 11.8. The number of carbonyl (C=O) groups excluding carboxylic acids is 2. The first-order chi connectivity index (χ1) is 14.0. The molecule has 1 fully saturated rings. The Labute approximate surface area is 176 Å². The molecule has 1 aromatic carbocycles. The van der Waals surface area contributed by atoms with Gasteiger partial charge in [-0.25, -0.2) is 0 Å². The number of hydrogen-bond acceptors (Lipinski definition) is 4. The summed E-state index contributed by atoms with van der Waals surface area (Å²) in [5.74, 6) is 1.23. The lowest BCUT2D eigenvalue weighted by atomic mass is 9.79. The number of thioether (sulfide) groups is 1. The van der Waals surface area contributed by atoms with Crippen LogP contribution >= 0.6 is 11.8 Å². The first-order valence-electron chi connectivity index (χ1n) is 9.87. The number of aromatic nitrogens is 1. The van der Waals surface area contributed by atoms with Crippen LogP contribution in [0.3, 0.4) is 0 Å². The topological polar surface area (TPSA) is 119 Å². The number of aryl methyl sites for hydroxylation is 1. The van der Waals surface area contributed by atoms with Crippen molar-refractivity contribution in [3.8, 4) is 0 Å². The van der Waals surface area contributed by atoms with E-state index in [0.717, 1.165) is 16.5 Å². The molecule has 1 aromatic heterocycles. The van der Waals surface area contributed by atoms with Gasteiger partial charge in [-0.2, -0.15) is 0 Å². The Balaban J connectivity index is 0.000000351. The van der Waals surface area contributed by atoms with Crippen LogP contribution < -0.4 is 17.0 Å². The molecule has 0 bridgehead atoms. The summed E-state index contributed by atoms with van der Waals surface area (Å²) in [5.41, 5.74) is 12.1. The molecule has 2 amide bonds. The Bertz CT molecular complexity index is 896. The summed E-state index contributed by atoms with van der Waals surface area (Å²) < 4.78 is 0. The van der Waals surface area contributed by atoms with Crippen LogP contribution in [0.4, 0.5) is 0 Å². The lowest BCUT2D eigenvalue weighted by molar-refractivity contribution is -0.106. The van der Waals surface area contributed by atoms with Crippen molar-refractivity contribution in [2.75, 3.05) is 5.75 Å². The molecule has 0 spiro atoms. The summed E-state index contributed by atoms with van der Waals surface area (Å²) in [4.78, 5) is 34.4. The van der Waals surface area contributed by atoms with Gasteiger partial charge in [0.05, 0.1) is 0 Å². The van der Waals surface area contributed by atoms with Gasteiger partial charge in [-0.15, -0.1) is 11.8 Å². The monoisotopic (exact) mass is 417 g/mol. The second-order valence-corrected chi connectivity index (χ2v) is 7.48. The number of nitrogens with two attached hydrogens (primary N) is 2. The number of amides is 2. The summed E-state index contributed by atoms with van der Waals surface area (Å²) in [6.45, 7) is 5.99. The van der Waals surface area contributed by atoms with E-state index in [1.807, 2.05) is 38.6 Å². The maximum Gasteiger partial charge on any atom is 0.261 e. The van der Waals surface area contributed by atoms with E-state index in [1.165, 1.54) is 37.0 Å². The highest BCUT2D eigenvalue weighted by Crippen LogP contribution is 2.37. The molecule has 0 unspecified atom stereocenters. The summed E-state index contributed by atoms with van der Waals surface area (Å²) in [6, 6.07) is 5.77. The molecule has 1 aliphatic heterocycles. The predicted octanol–water partition coefficient (Wildman–Crippen LogP) is 3.97. The largest absolute Gasteiger partial charge is 0.372 e. The Morgan fingerprint density at radius 3 is 2.31 bits per heavy atom. The van der Waals surface area contributed by atoms with Gasteiger partial charge < -0.3 is 16.5 Å². The number of allylic oxidation sites excluding steroid dienone is 1. The summed E-state index contributed by atoms with van der Waals surface area (Å²) in [6.07, 6.45) is 7.44. The number of benzene rings is 1. The SMILES string of the molecule is C1=CSCC1.CC.Cc1cc(C2CCC2)cc2[nH]c(=O)c(C(N)=O)cc12.NC=O. The van der Waals surface area contributed by atoms with Crippen molar-refractivity contribution in [3.63, 3.8) is 0 Å². The predicted molar refractivity (Wildman–Crippen MR) is 122 cm³/mol. The molecule has 0 saturated heterocycles. The minimum Gasteiger partial charge on any atom is -0.372 e. The molecular formula is C22H31N3O3S. The van der Waals surface area contributed by atoms with Gasteiger partial charge in [-0.3, -0.25) is 14.4 Å². The van der Waals surface area contributed by atoms with Gasteiger partial charge in [-0.1, -0.05) is 32.4 Å². The zero-order chi connectivity index (χ0) is 21.8. The lowest BCUT2D eigenvalue weighted by Gasteiger charge is -2.26. The van der Waals surface area contributed by atoms with Crippen molar-refractivity contribution in [2.24, 2.45) is 11.5 Å². The highest BCUT2D eigenvalue weighted by atomic mass is 32.2. The average molecular weight is 418 g/mol. The second kappa shape index (κ2) is 12.8. The molecule has 7 heteroatoms. The fourth-order valence-corrected chi connectivity index (χ4v) is 3.70. The van der Waals surface area contributed by atoms with Gasteiger partial charge in [0.2, 0.25) is 6.41 Å². The van der Waals surface area contributed by atoms with Crippen molar-refractivity contribution in [2.45, 2.75) is 52.4 Å². The van der Waals surface area contributed by atoms with E-state index in [9.17, 15) is 9.59 Å². The van der Waals surface area contributed by atoms with E-state index in [0.29, 0.717) is 5.92 Å². The number of carbonyl (C=O) groups is 2. The maximum atomic E-state index is 11.8. The molecule has 1 aliphatic carbocycles. The van der Waals surface area contributed by atoms with E-state index < -0.39 is 11.5 Å². The normalized spacial score (nSPS) is 14.3. The van der Waals surface area contributed by atoms with Crippen LogP contribution in [-0.4, -0.2) is 23.1 Å². The second-order valence-electron chi connectivity index (χ2n) is 6.47. The highest BCUT2D eigenvalue weighted by Gasteiger charge is 2.20. The van der Waals surface area contributed by atoms with E-state index >= 15 is 0 Å². The molecule has 0 radical (unpaired) electrons. The first-order valence-corrected chi connectivity index (χ1v) is 10.9. The molecule has 29 heavy (non-hydrogen) atoms. The summed E-state index contributed by atoms with van der Waals surface area (Å²) in [7, 11) is 0. The molecule has 6 nitrogen and oxygen atoms in total. The van der Waals surface area contributed by atoms with Crippen LogP contribution in [0, 0.1) is 6.92 Å². The molecule has 1 saturated carbocycles. The van der Waals surface area contributed by atoms with Crippen molar-refractivity contribution in [3.05, 3.63) is 56.7 Å². The fraction of sp³-hybridized carbons (Fsp3) is 0.409. The van der Waals surface area contributed by atoms with Gasteiger partial charge in [0.1, 0.15) is 5.56 Å². The van der Waals surface area contributed by atoms with E-state index in [-0.39, 0.29) is 12.0 Å². The van der Waals surface area contributed by atoms with E-state index in [4.69, 9.17) is 10.5 Å². The number of pyridine rings is 1. The minimum absolute atomic E-state index is 0.0204. The molecule has 0 atom stereocenters. The minimum atomic E-state index is -0.689. The molecule has 2 aliphatic rings. The average Bonchev–Trinajstić information content (AvgIpc) is 3.22. The number of fused-ring (bicyclic) bond motifs is 1. The van der Waals surface area contributed by atoms with Gasteiger partial charge in [-0.05, 0) is 60.8 Å². The Morgan fingerprint density at radius 2 is 1.90 bits per heavy atom. The van der Waals surface area contributed by atoms with Crippen LogP contribution in [0.5, 0.6) is 0 Å². The third kappa shape index (κ3) is 7.09. The number of aromatic amines is 1.